The number of rotatable bonds is 2. The van der Waals surface area contributed by atoms with Gasteiger partial charge < -0.3 is 14.6 Å². The van der Waals surface area contributed by atoms with Gasteiger partial charge in [-0.15, -0.1) is 0 Å². The van der Waals surface area contributed by atoms with Crippen molar-refractivity contribution in [2.75, 3.05) is 13.6 Å². The van der Waals surface area contributed by atoms with Crippen LogP contribution in [0.15, 0.2) is 30.3 Å². The van der Waals surface area contributed by atoms with Gasteiger partial charge in [-0.2, -0.15) is 0 Å². The fourth-order valence-corrected chi connectivity index (χ4v) is 5.36. The third-order valence-corrected chi connectivity index (χ3v) is 6.94. The van der Waals surface area contributed by atoms with Crippen molar-refractivity contribution in [3.63, 3.8) is 0 Å². The minimum absolute atomic E-state index is 0.0429. The minimum atomic E-state index is -0.878. The standard InChI is InChI=1S/C24H29N3O/c1-15-5-8-22-19(13-15)18-10-12-26(4)14-23(18)27(22)17(3)24(28)11-9-21-20(24)7-6-16(2)25-21/h5-8,13,17,28H,9-12,14H2,1-4H3. The zero-order chi connectivity index (χ0) is 19.6. The van der Waals surface area contributed by atoms with Crippen molar-refractivity contribution in [3.8, 4) is 0 Å². The fraction of sp³-hybridized carbons (Fsp3) is 0.458. The molecule has 0 spiro atoms. The van der Waals surface area contributed by atoms with E-state index in [0.29, 0.717) is 0 Å². The van der Waals surface area contributed by atoms with Crippen LogP contribution in [0.1, 0.15) is 53.2 Å². The molecule has 1 aliphatic heterocycles. The molecule has 4 heteroatoms. The molecule has 2 aromatic heterocycles. The molecule has 0 saturated heterocycles. The lowest BCUT2D eigenvalue weighted by atomic mass is 9.88. The SMILES string of the molecule is Cc1ccc2c(c1)c1c(n2C(C)C2(O)CCc3nc(C)ccc32)CN(C)CC1. The number of pyridine rings is 1. The summed E-state index contributed by atoms with van der Waals surface area (Å²) in [6.45, 7) is 8.39. The number of aliphatic hydroxyl groups is 1. The maximum Gasteiger partial charge on any atom is 0.112 e. The van der Waals surface area contributed by atoms with Crippen LogP contribution < -0.4 is 0 Å². The van der Waals surface area contributed by atoms with Crippen molar-refractivity contribution < 1.29 is 5.11 Å². The average Bonchev–Trinajstić information content (AvgIpc) is 3.16. The van der Waals surface area contributed by atoms with Gasteiger partial charge in [-0.1, -0.05) is 17.7 Å². The van der Waals surface area contributed by atoms with Crippen molar-refractivity contribution in [2.24, 2.45) is 0 Å². The maximum absolute atomic E-state index is 11.9. The molecule has 0 saturated carbocycles. The Morgan fingerprint density at radius 2 is 1.96 bits per heavy atom. The Bertz CT molecular complexity index is 1080. The molecule has 2 unspecified atom stereocenters. The first kappa shape index (κ1) is 17.9. The quantitative estimate of drug-likeness (QED) is 0.735. The Balaban J connectivity index is 1.71. The van der Waals surface area contributed by atoms with E-state index >= 15 is 0 Å². The predicted octanol–water partition coefficient (Wildman–Crippen LogP) is 4.04. The van der Waals surface area contributed by atoms with Gasteiger partial charge >= 0.3 is 0 Å². The van der Waals surface area contributed by atoms with E-state index in [0.717, 1.165) is 49.3 Å². The van der Waals surface area contributed by atoms with E-state index in [1.54, 1.807) is 0 Å². The second kappa shape index (κ2) is 6.16. The van der Waals surface area contributed by atoms with E-state index < -0.39 is 5.60 Å². The number of aromatic nitrogens is 2. The molecule has 0 fully saturated rings. The molecule has 1 N–H and O–H groups in total. The van der Waals surface area contributed by atoms with E-state index in [-0.39, 0.29) is 6.04 Å². The number of nitrogens with zero attached hydrogens (tertiary/aromatic N) is 3. The highest BCUT2D eigenvalue weighted by molar-refractivity contribution is 5.87. The lowest BCUT2D eigenvalue weighted by Gasteiger charge is -2.35. The molecule has 2 aliphatic rings. The predicted molar refractivity (Wildman–Crippen MR) is 113 cm³/mol. The number of benzene rings is 1. The summed E-state index contributed by atoms with van der Waals surface area (Å²) in [5, 5.41) is 13.2. The molecular weight excluding hydrogens is 346 g/mol. The highest BCUT2D eigenvalue weighted by Crippen LogP contribution is 2.46. The number of aryl methyl sites for hydroxylation is 3. The van der Waals surface area contributed by atoms with Crippen LogP contribution in [0.25, 0.3) is 10.9 Å². The molecule has 3 aromatic rings. The van der Waals surface area contributed by atoms with Crippen molar-refractivity contribution in [2.45, 2.75) is 58.2 Å². The Kier molecular flexibility index (Phi) is 3.94. The van der Waals surface area contributed by atoms with Crippen LogP contribution in [0, 0.1) is 13.8 Å². The van der Waals surface area contributed by atoms with Crippen LogP contribution in [0.2, 0.25) is 0 Å². The van der Waals surface area contributed by atoms with E-state index in [1.165, 1.54) is 27.7 Å². The highest BCUT2D eigenvalue weighted by Gasteiger charge is 2.44. The van der Waals surface area contributed by atoms with Gasteiger partial charge in [0.05, 0.1) is 6.04 Å². The number of fused-ring (bicyclic) bond motifs is 4. The molecule has 0 bridgehead atoms. The van der Waals surface area contributed by atoms with Crippen LogP contribution in [-0.4, -0.2) is 33.1 Å². The largest absolute Gasteiger partial charge is 0.383 e. The van der Waals surface area contributed by atoms with Gasteiger partial charge in [-0.25, -0.2) is 0 Å². The van der Waals surface area contributed by atoms with Gasteiger partial charge in [-0.3, -0.25) is 4.98 Å². The molecular formula is C24H29N3O. The number of hydrogen-bond acceptors (Lipinski definition) is 3. The topological polar surface area (TPSA) is 41.3 Å². The Morgan fingerprint density at radius 3 is 2.79 bits per heavy atom. The summed E-state index contributed by atoms with van der Waals surface area (Å²) in [6, 6.07) is 10.8. The van der Waals surface area contributed by atoms with Crippen LogP contribution in [0.5, 0.6) is 0 Å². The zero-order valence-electron chi connectivity index (χ0n) is 17.3. The van der Waals surface area contributed by atoms with Crippen molar-refractivity contribution in [3.05, 3.63) is 64.1 Å². The van der Waals surface area contributed by atoms with Gasteiger partial charge in [0.1, 0.15) is 5.60 Å². The van der Waals surface area contributed by atoms with Crippen molar-refractivity contribution in [1.29, 1.82) is 0 Å². The third-order valence-electron chi connectivity index (χ3n) is 6.94. The van der Waals surface area contributed by atoms with Crippen molar-refractivity contribution >= 4 is 10.9 Å². The lowest BCUT2D eigenvalue weighted by molar-refractivity contribution is -0.00941. The zero-order valence-corrected chi connectivity index (χ0v) is 17.3. The molecule has 5 rings (SSSR count). The summed E-state index contributed by atoms with van der Waals surface area (Å²) in [5.41, 5.74) is 7.60. The third kappa shape index (κ3) is 2.48. The Labute approximate surface area is 166 Å². The molecule has 0 amide bonds. The summed E-state index contributed by atoms with van der Waals surface area (Å²) < 4.78 is 2.43. The van der Waals surface area contributed by atoms with Gasteiger partial charge in [-0.05, 0) is 70.8 Å². The summed E-state index contributed by atoms with van der Waals surface area (Å²) in [6.07, 6.45) is 2.65. The molecule has 1 aromatic carbocycles. The normalized spacial score (nSPS) is 23.0. The van der Waals surface area contributed by atoms with Crippen LogP contribution in [0.3, 0.4) is 0 Å². The molecule has 1 aliphatic carbocycles. The van der Waals surface area contributed by atoms with Crippen LogP contribution in [0.4, 0.5) is 0 Å². The smallest absolute Gasteiger partial charge is 0.112 e. The lowest BCUT2D eigenvalue weighted by Crippen LogP contribution is -2.36. The molecule has 146 valence electrons. The summed E-state index contributed by atoms with van der Waals surface area (Å²) in [7, 11) is 2.19. The van der Waals surface area contributed by atoms with Gasteiger partial charge in [0, 0.05) is 46.6 Å². The van der Waals surface area contributed by atoms with E-state index in [1.807, 2.05) is 13.0 Å². The summed E-state index contributed by atoms with van der Waals surface area (Å²) >= 11 is 0. The monoisotopic (exact) mass is 375 g/mol. The second-order valence-electron chi connectivity index (χ2n) is 8.85. The summed E-state index contributed by atoms with van der Waals surface area (Å²) in [4.78, 5) is 7.09. The molecule has 3 heterocycles. The Hall–Kier alpha value is -2.17. The molecule has 0 radical (unpaired) electrons. The Morgan fingerprint density at radius 1 is 1.14 bits per heavy atom. The van der Waals surface area contributed by atoms with E-state index in [2.05, 4.69) is 54.6 Å². The van der Waals surface area contributed by atoms with Gasteiger partial charge in [0.25, 0.3) is 0 Å². The van der Waals surface area contributed by atoms with Crippen LogP contribution >= 0.6 is 0 Å². The summed E-state index contributed by atoms with van der Waals surface area (Å²) in [5.74, 6) is 0. The highest BCUT2D eigenvalue weighted by atomic mass is 16.3. The molecule has 4 nitrogen and oxygen atoms in total. The van der Waals surface area contributed by atoms with E-state index in [4.69, 9.17) is 4.98 Å². The number of hydrogen-bond donors (Lipinski definition) is 1. The first-order chi connectivity index (χ1) is 13.4. The van der Waals surface area contributed by atoms with Crippen molar-refractivity contribution in [1.82, 2.24) is 14.5 Å². The molecule has 2 atom stereocenters. The first-order valence-electron chi connectivity index (χ1n) is 10.4. The van der Waals surface area contributed by atoms with E-state index in [9.17, 15) is 5.11 Å². The first-order valence-corrected chi connectivity index (χ1v) is 10.4. The van der Waals surface area contributed by atoms with Gasteiger partial charge in [0.2, 0.25) is 0 Å². The van der Waals surface area contributed by atoms with Gasteiger partial charge in [0.15, 0.2) is 0 Å². The number of likely N-dealkylation sites (N-methyl/N-ethyl adjacent to an activating group) is 1. The maximum atomic E-state index is 11.9. The second-order valence-corrected chi connectivity index (χ2v) is 8.85. The molecule has 28 heavy (non-hydrogen) atoms. The average molecular weight is 376 g/mol. The minimum Gasteiger partial charge on any atom is -0.383 e. The fourth-order valence-electron chi connectivity index (χ4n) is 5.36. The van der Waals surface area contributed by atoms with Crippen LogP contribution in [-0.2, 0) is 25.0 Å².